The summed E-state index contributed by atoms with van der Waals surface area (Å²) in [4.78, 5) is 37.3. The molecule has 2 aromatic heterocycles. The molecule has 11 heteroatoms. The van der Waals surface area contributed by atoms with E-state index in [0.717, 1.165) is 34.0 Å². The minimum atomic E-state index is -0.476. The first-order valence-electron chi connectivity index (χ1n) is 14.9. The van der Waals surface area contributed by atoms with Gasteiger partial charge in [-0.15, -0.1) is 22.7 Å². The third-order valence-corrected chi connectivity index (χ3v) is 8.42. The van der Waals surface area contributed by atoms with Crippen LogP contribution in [0.2, 0.25) is 0 Å². The van der Waals surface area contributed by atoms with Crippen LogP contribution in [0.3, 0.4) is 0 Å². The molecule has 2 heterocycles. The maximum absolute atomic E-state index is 12.9. The topological polar surface area (TPSA) is 106 Å². The number of hydrogen-bond donors (Lipinski definition) is 2. The van der Waals surface area contributed by atoms with Gasteiger partial charge in [0.1, 0.15) is 18.2 Å². The first-order chi connectivity index (χ1) is 21.4. The SMILES string of the molecule is CC(C)CCN(C[C@@H](Cc1ccccc1)NC(=O)OCc1cncs1)C[C@@H](Cc1ccccc1)NC(=O)OCc1nccs1. The number of alkyl carbamates (subject to hydrolysis) is 2. The quantitative estimate of drug-likeness (QED) is 0.140. The molecule has 0 aliphatic carbocycles. The summed E-state index contributed by atoms with van der Waals surface area (Å²) in [6, 6.07) is 19.8. The van der Waals surface area contributed by atoms with Gasteiger partial charge in [0.2, 0.25) is 0 Å². The number of thiazole rings is 2. The van der Waals surface area contributed by atoms with Gasteiger partial charge in [0.05, 0.1) is 10.4 Å². The third-order valence-electron chi connectivity index (χ3n) is 6.91. The summed E-state index contributed by atoms with van der Waals surface area (Å²) in [5, 5.41) is 8.82. The van der Waals surface area contributed by atoms with Crippen molar-refractivity contribution in [3.05, 3.63) is 105 Å². The Labute approximate surface area is 267 Å². The number of ether oxygens (including phenoxy) is 2. The molecule has 44 heavy (non-hydrogen) atoms. The predicted octanol–water partition coefficient (Wildman–Crippen LogP) is 6.32. The van der Waals surface area contributed by atoms with Crippen molar-refractivity contribution in [2.45, 2.75) is 58.4 Å². The lowest BCUT2D eigenvalue weighted by Crippen LogP contribution is -2.50. The van der Waals surface area contributed by atoms with Crippen molar-refractivity contribution in [2.75, 3.05) is 19.6 Å². The molecule has 0 spiro atoms. The fourth-order valence-corrected chi connectivity index (χ4v) is 5.79. The molecule has 2 atom stereocenters. The third kappa shape index (κ3) is 12.4. The molecule has 0 fully saturated rings. The number of nitrogens with zero attached hydrogens (tertiary/aromatic N) is 3. The Kier molecular flexibility index (Phi) is 13.6. The van der Waals surface area contributed by atoms with E-state index in [1.807, 2.05) is 41.8 Å². The highest BCUT2D eigenvalue weighted by molar-refractivity contribution is 7.09. The molecule has 2 aromatic carbocycles. The molecular weight excluding hydrogens is 595 g/mol. The molecule has 0 bridgehead atoms. The van der Waals surface area contributed by atoms with E-state index in [2.05, 4.69) is 63.6 Å². The summed E-state index contributed by atoms with van der Waals surface area (Å²) < 4.78 is 11.0. The number of aromatic nitrogens is 2. The zero-order chi connectivity index (χ0) is 31.0. The lowest BCUT2D eigenvalue weighted by molar-refractivity contribution is 0.125. The second-order valence-corrected chi connectivity index (χ2v) is 13.0. The molecule has 2 amide bonds. The molecular formula is C33H41N5O4S2. The summed E-state index contributed by atoms with van der Waals surface area (Å²) in [6.45, 7) is 6.68. The van der Waals surface area contributed by atoms with Crippen molar-refractivity contribution in [3.8, 4) is 0 Å². The van der Waals surface area contributed by atoms with Crippen molar-refractivity contribution in [1.82, 2.24) is 25.5 Å². The van der Waals surface area contributed by atoms with Crippen LogP contribution in [0.25, 0.3) is 0 Å². The molecule has 4 rings (SSSR count). The summed E-state index contributed by atoms with van der Waals surface area (Å²) in [5.41, 5.74) is 3.96. The van der Waals surface area contributed by atoms with Gasteiger partial charge in [-0.25, -0.2) is 14.6 Å². The van der Waals surface area contributed by atoms with E-state index in [9.17, 15) is 9.59 Å². The number of carbonyl (C=O) groups excluding carboxylic acids is 2. The Balaban J connectivity index is 1.47. The lowest BCUT2D eigenvalue weighted by Gasteiger charge is -2.32. The van der Waals surface area contributed by atoms with E-state index in [1.165, 1.54) is 22.7 Å². The smallest absolute Gasteiger partial charge is 0.407 e. The van der Waals surface area contributed by atoms with Crippen molar-refractivity contribution >= 4 is 34.9 Å². The zero-order valence-electron chi connectivity index (χ0n) is 25.3. The van der Waals surface area contributed by atoms with E-state index in [4.69, 9.17) is 9.47 Å². The van der Waals surface area contributed by atoms with Crippen LogP contribution in [0.15, 0.2) is 83.9 Å². The Morgan fingerprint density at radius 3 is 1.93 bits per heavy atom. The summed E-state index contributed by atoms with van der Waals surface area (Å²) in [7, 11) is 0. The molecule has 2 N–H and O–H groups in total. The van der Waals surface area contributed by atoms with Gasteiger partial charge in [-0.1, -0.05) is 74.5 Å². The van der Waals surface area contributed by atoms with Gasteiger partial charge in [0, 0.05) is 42.9 Å². The van der Waals surface area contributed by atoms with Crippen molar-refractivity contribution in [2.24, 2.45) is 5.92 Å². The molecule has 0 saturated heterocycles. The molecule has 0 saturated carbocycles. The number of nitrogens with one attached hydrogen (secondary N) is 2. The van der Waals surface area contributed by atoms with Crippen LogP contribution in [0.1, 0.15) is 41.3 Å². The van der Waals surface area contributed by atoms with Gasteiger partial charge in [-0.05, 0) is 42.9 Å². The fraction of sp³-hybridized carbons (Fsp3) is 0.394. The minimum Gasteiger partial charge on any atom is -0.444 e. The van der Waals surface area contributed by atoms with Crippen LogP contribution < -0.4 is 10.6 Å². The van der Waals surface area contributed by atoms with Gasteiger partial charge in [-0.2, -0.15) is 0 Å². The number of rotatable bonds is 17. The molecule has 0 aliphatic heterocycles. The van der Waals surface area contributed by atoms with Crippen LogP contribution in [0.4, 0.5) is 9.59 Å². The average Bonchev–Trinajstić information content (AvgIpc) is 3.74. The van der Waals surface area contributed by atoms with Crippen LogP contribution in [-0.4, -0.2) is 58.8 Å². The van der Waals surface area contributed by atoms with Crippen molar-refractivity contribution in [3.63, 3.8) is 0 Å². The molecule has 0 unspecified atom stereocenters. The van der Waals surface area contributed by atoms with Gasteiger partial charge in [0.15, 0.2) is 0 Å². The van der Waals surface area contributed by atoms with Gasteiger partial charge >= 0.3 is 12.2 Å². The maximum atomic E-state index is 12.9. The first kappa shape index (κ1) is 33.1. The Bertz CT molecular complexity index is 1260. The van der Waals surface area contributed by atoms with Crippen LogP contribution in [0, 0.1) is 5.92 Å². The van der Waals surface area contributed by atoms with Crippen LogP contribution in [-0.2, 0) is 35.5 Å². The Morgan fingerprint density at radius 2 is 1.43 bits per heavy atom. The number of hydrogen-bond acceptors (Lipinski definition) is 9. The molecule has 0 aliphatic rings. The standard InChI is InChI=1S/C33H41N5O4S2/c1-25(2)13-15-38(20-28(17-26-9-5-3-6-10-26)36-32(39)41-22-30-19-34-24-44-30)21-29(18-27-11-7-4-8-12-27)37-33(40)42-23-31-35-14-16-43-31/h3-12,14,16,19,24-25,28-29H,13,15,17-18,20-23H2,1-2H3,(H,36,39)(H,37,40)/t28-,29-/m1/s1. The van der Waals surface area contributed by atoms with E-state index in [-0.39, 0.29) is 25.3 Å². The van der Waals surface area contributed by atoms with Crippen molar-refractivity contribution in [1.29, 1.82) is 0 Å². The summed E-state index contributed by atoms with van der Waals surface area (Å²) >= 11 is 2.90. The second kappa shape index (κ2) is 18.1. The van der Waals surface area contributed by atoms with Crippen LogP contribution in [0.5, 0.6) is 0 Å². The van der Waals surface area contributed by atoms with E-state index >= 15 is 0 Å². The number of benzene rings is 2. The van der Waals surface area contributed by atoms with E-state index in [0.29, 0.717) is 31.8 Å². The highest BCUT2D eigenvalue weighted by Crippen LogP contribution is 2.13. The normalized spacial score (nSPS) is 12.5. The molecule has 234 valence electrons. The van der Waals surface area contributed by atoms with Crippen molar-refractivity contribution < 1.29 is 19.1 Å². The largest absolute Gasteiger partial charge is 0.444 e. The van der Waals surface area contributed by atoms with Gasteiger partial charge in [-0.3, -0.25) is 9.88 Å². The van der Waals surface area contributed by atoms with Crippen LogP contribution >= 0.6 is 22.7 Å². The average molecular weight is 636 g/mol. The summed E-state index contributed by atoms with van der Waals surface area (Å²) in [6.07, 6.45) is 4.71. The predicted molar refractivity (Wildman–Crippen MR) is 175 cm³/mol. The van der Waals surface area contributed by atoms with E-state index in [1.54, 1.807) is 17.9 Å². The molecule has 0 radical (unpaired) electrons. The van der Waals surface area contributed by atoms with Gasteiger partial charge in [0.25, 0.3) is 0 Å². The second-order valence-electron chi connectivity index (χ2n) is 11.0. The molecule has 4 aromatic rings. The highest BCUT2D eigenvalue weighted by atomic mass is 32.1. The first-order valence-corrected chi connectivity index (χ1v) is 16.6. The highest BCUT2D eigenvalue weighted by Gasteiger charge is 2.23. The maximum Gasteiger partial charge on any atom is 0.407 e. The fourth-order valence-electron chi connectivity index (χ4n) is 4.76. The lowest BCUT2D eigenvalue weighted by atomic mass is 10.0. The number of amides is 2. The summed E-state index contributed by atoms with van der Waals surface area (Å²) in [5.74, 6) is 0.492. The Hall–Kier alpha value is -3.80. The Morgan fingerprint density at radius 1 is 0.841 bits per heavy atom. The minimum absolute atomic E-state index is 0.130. The van der Waals surface area contributed by atoms with E-state index < -0.39 is 12.2 Å². The monoisotopic (exact) mass is 635 g/mol. The molecule has 9 nitrogen and oxygen atoms in total. The van der Waals surface area contributed by atoms with Gasteiger partial charge < -0.3 is 20.1 Å². The number of carbonyl (C=O) groups is 2. The zero-order valence-corrected chi connectivity index (χ0v) is 26.9.